The molecule has 8 rings (SSSR count). The summed E-state index contributed by atoms with van der Waals surface area (Å²) in [4.78, 5) is 45.3. The molecule has 6 aromatic rings. The summed E-state index contributed by atoms with van der Waals surface area (Å²) in [6, 6.07) is 19.7. The molecule has 2 aliphatic rings. The fourth-order valence-electron chi connectivity index (χ4n) is 7.83. The first kappa shape index (κ1) is 45.5. The van der Waals surface area contributed by atoms with Crippen molar-refractivity contribution in [1.29, 1.82) is 0 Å². The standard InChI is InChI=1S/C26H32N4OS.C23H27N5O2S/c1-17-7-12-21(28-24(31)18-8-10-20(11-9-18)26(2,3)4)14-22(17)29-25-30-23(16-32-25)19-6-5-13-27-15-19;1-17-6-7-19(25-22(29)5-3-9-28-10-12-30-13-11-28)14-20(17)26-23-27-21(16-31-23)18-4-2-8-24-15-18/h5-7,12-16,18,20H,8-11H2,1-4H3,(H,28,31)(H,29,30);2,4,6-8,14-16H,3,5,9-13H2,1H3,(H,25,29)(H,26,27). The summed E-state index contributed by atoms with van der Waals surface area (Å²) in [5.74, 6) is 0.986. The molecular formula is C49H59N9O3S2. The van der Waals surface area contributed by atoms with E-state index in [0.29, 0.717) is 17.8 Å². The minimum absolute atomic E-state index is 0.0381. The molecule has 330 valence electrons. The van der Waals surface area contributed by atoms with Crippen molar-refractivity contribution in [3.05, 3.63) is 107 Å². The van der Waals surface area contributed by atoms with Crippen LogP contribution in [0.2, 0.25) is 0 Å². The first-order valence-electron chi connectivity index (χ1n) is 21.8. The van der Waals surface area contributed by atoms with Crippen molar-refractivity contribution >= 4 is 67.5 Å². The number of anilines is 6. The van der Waals surface area contributed by atoms with Gasteiger partial charge >= 0.3 is 0 Å². The number of rotatable bonds is 13. The summed E-state index contributed by atoms with van der Waals surface area (Å²) in [5, 5.41) is 18.6. The van der Waals surface area contributed by atoms with E-state index in [1.54, 1.807) is 41.3 Å². The van der Waals surface area contributed by atoms with Crippen LogP contribution < -0.4 is 21.3 Å². The van der Waals surface area contributed by atoms with Gasteiger partial charge in [-0.1, -0.05) is 32.9 Å². The predicted molar refractivity (Wildman–Crippen MR) is 258 cm³/mol. The fraction of sp³-hybridized carbons (Fsp3) is 0.388. The van der Waals surface area contributed by atoms with Crippen LogP contribution in [0.4, 0.5) is 33.0 Å². The molecule has 1 aliphatic carbocycles. The number of nitrogens with zero attached hydrogens (tertiary/aromatic N) is 5. The number of carbonyl (C=O) groups excluding carboxylic acids is 2. The summed E-state index contributed by atoms with van der Waals surface area (Å²) in [6.45, 7) is 15.4. The Balaban J connectivity index is 0.000000189. The van der Waals surface area contributed by atoms with Gasteiger partial charge in [-0.15, -0.1) is 22.7 Å². The van der Waals surface area contributed by atoms with Crippen LogP contribution in [-0.2, 0) is 14.3 Å². The molecule has 2 aromatic carbocycles. The number of aromatic nitrogens is 4. The molecule has 0 radical (unpaired) electrons. The monoisotopic (exact) mass is 885 g/mol. The Labute approximate surface area is 379 Å². The molecule has 63 heavy (non-hydrogen) atoms. The van der Waals surface area contributed by atoms with Crippen LogP contribution in [0.5, 0.6) is 0 Å². The normalized spacial score (nSPS) is 16.7. The lowest BCUT2D eigenvalue weighted by molar-refractivity contribution is -0.121. The summed E-state index contributed by atoms with van der Waals surface area (Å²) in [7, 11) is 0. The molecule has 4 N–H and O–H groups in total. The second-order valence-electron chi connectivity index (χ2n) is 17.4. The first-order chi connectivity index (χ1) is 30.5. The molecule has 2 amide bonds. The van der Waals surface area contributed by atoms with Crippen LogP contribution in [0.1, 0.15) is 70.4 Å². The highest BCUT2D eigenvalue weighted by atomic mass is 32.1. The van der Waals surface area contributed by atoms with Crippen molar-refractivity contribution in [2.45, 2.75) is 73.1 Å². The number of hydrogen-bond donors (Lipinski definition) is 4. The van der Waals surface area contributed by atoms with Crippen molar-refractivity contribution < 1.29 is 14.3 Å². The van der Waals surface area contributed by atoms with Crippen molar-refractivity contribution in [3.8, 4) is 22.5 Å². The lowest BCUT2D eigenvalue weighted by atomic mass is 9.69. The van der Waals surface area contributed by atoms with Crippen LogP contribution >= 0.6 is 22.7 Å². The molecule has 0 spiro atoms. The number of benzene rings is 2. The minimum atomic E-state index is 0.0381. The summed E-state index contributed by atoms with van der Waals surface area (Å²) in [5.41, 5.74) is 9.78. The maximum atomic E-state index is 12.9. The van der Waals surface area contributed by atoms with E-state index in [9.17, 15) is 9.59 Å². The number of pyridine rings is 2. The van der Waals surface area contributed by atoms with Gasteiger partial charge in [0.1, 0.15) is 0 Å². The van der Waals surface area contributed by atoms with Gasteiger partial charge in [-0.2, -0.15) is 0 Å². The van der Waals surface area contributed by atoms with E-state index < -0.39 is 0 Å². The van der Waals surface area contributed by atoms with Crippen molar-refractivity contribution in [2.75, 3.05) is 54.1 Å². The van der Waals surface area contributed by atoms with Crippen molar-refractivity contribution in [3.63, 3.8) is 0 Å². The Hall–Kier alpha value is -5.54. The topological polar surface area (TPSA) is 146 Å². The zero-order valence-electron chi connectivity index (χ0n) is 36.9. The second kappa shape index (κ2) is 21.7. The lowest BCUT2D eigenvalue weighted by Crippen LogP contribution is -2.37. The van der Waals surface area contributed by atoms with E-state index in [4.69, 9.17) is 4.74 Å². The largest absolute Gasteiger partial charge is 0.379 e. The zero-order valence-corrected chi connectivity index (χ0v) is 38.6. The SMILES string of the molecule is Cc1ccc(NC(=O)C2CCC(C(C)(C)C)CC2)cc1Nc1nc(-c2cccnc2)cs1.Cc1ccc(NC(=O)CCCN2CCOCC2)cc1Nc1nc(-c2cccnc2)cs1. The molecule has 0 unspecified atom stereocenters. The highest BCUT2D eigenvalue weighted by Crippen LogP contribution is 2.40. The van der Waals surface area contributed by atoms with E-state index in [1.807, 2.05) is 84.5 Å². The van der Waals surface area contributed by atoms with Crippen LogP contribution in [-0.4, -0.2) is 69.5 Å². The number of amides is 2. The predicted octanol–water partition coefficient (Wildman–Crippen LogP) is 11.4. The maximum Gasteiger partial charge on any atom is 0.227 e. The van der Waals surface area contributed by atoms with E-state index in [0.717, 1.165) is 132 Å². The minimum Gasteiger partial charge on any atom is -0.379 e. The van der Waals surface area contributed by atoms with Crippen LogP contribution in [0.3, 0.4) is 0 Å². The smallest absolute Gasteiger partial charge is 0.227 e. The van der Waals surface area contributed by atoms with Crippen LogP contribution in [0, 0.1) is 31.1 Å². The number of ether oxygens (including phenoxy) is 1. The van der Waals surface area contributed by atoms with Crippen molar-refractivity contribution in [1.82, 2.24) is 24.8 Å². The van der Waals surface area contributed by atoms with Crippen LogP contribution in [0.15, 0.2) is 96.2 Å². The lowest BCUT2D eigenvalue weighted by Gasteiger charge is -2.36. The number of morpholine rings is 1. The Morgan fingerprint density at radius 3 is 1.79 bits per heavy atom. The highest BCUT2D eigenvalue weighted by Gasteiger charge is 2.32. The molecular weight excluding hydrogens is 827 g/mol. The fourth-order valence-corrected chi connectivity index (χ4v) is 9.30. The van der Waals surface area contributed by atoms with E-state index in [2.05, 4.69) is 73.8 Å². The molecule has 1 aliphatic heterocycles. The Morgan fingerprint density at radius 2 is 1.29 bits per heavy atom. The third-order valence-electron chi connectivity index (χ3n) is 11.7. The summed E-state index contributed by atoms with van der Waals surface area (Å²) >= 11 is 3.10. The average Bonchev–Trinajstić information content (AvgIpc) is 3.97. The van der Waals surface area contributed by atoms with Gasteiger partial charge in [-0.25, -0.2) is 9.97 Å². The quantitative estimate of drug-likeness (QED) is 0.0884. The number of hydrogen-bond acceptors (Lipinski definition) is 12. The third-order valence-corrected chi connectivity index (χ3v) is 13.3. The van der Waals surface area contributed by atoms with Crippen LogP contribution in [0.25, 0.3) is 22.5 Å². The second-order valence-corrected chi connectivity index (χ2v) is 19.1. The van der Waals surface area contributed by atoms with Gasteiger partial charge in [-0.05, 0) is 123 Å². The molecule has 4 aromatic heterocycles. The van der Waals surface area contributed by atoms with Gasteiger partial charge < -0.3 is 26.0 Å². The summed E-state index contributed by atoms with van der Waals surface area (Å²) < 4.78 is 5.36. The van der Waals surface area contributed by atoms with Crippen molar-refractivity contribution in [2.24, 2.45) is 17.3 Å². The molecule has 2 fully saturated rings. The first-order valence-corrected chi connectivity index (χ1v) is 23.6. The number of thiazole rings is 2. The molecule has 0 atom stereocenters. The number of carbonyl (C=O) groups is 2. The van der Waals surface area contributed by atoms with E-state index in [-0.39, 0.29) is 17.7 Å². The van der Waals surface area contributed by atoms with E-state index >= 15 is 0 Å². The van der Waals surface area contributed by atoms with Gasteiger partial charge in [0.05, 0.1) is 24.6 Å². The number of aryl methyl sites for hydroxylation is 2. The molecule has 5 heterocycles. The average molecular weight is 886 g/mol. The maximum absolute atomic E-state index is 12.9. The third kappa shape index (κ3) is 13.2. The molecule has 14 heteroatoms. The highest BCUT2D eigenvalue weighted by molar-refractivity contribution is 7.14. The van der Waals surface area contributed by atoms with Gasteiger partial charge in [0, 0.05) is 94.9 Å². The molecule has 1 saturated carbocycles. The van der Waals surface area contributed by atoms with Gasteiger partial charge in [-0.3, -0.25) is 24.5 Å². The molecule has 1 saturated heterocycles. The molecule has 12 nitrogen and oxygen atoms in total. The van der Waals surface area contributed by atoms with E-state index in [1.165, 1.54) is 0 Å². The Bertz CT molecular complexity index is 2400. The van der Waals surface area contributed by atoms with Gasteiger partial charge in [0.25, 0.3) is 0 Å². The van der Waals surface area contributed by atoms with Gasteiger partial charge in [0.2, 0.25) is 11.8 Å². The van der Waals surface area contributed by atoms with Gasteiger partial charge in [0.15, 0.2) is 10.3 Å². The molecule has 0 bridgehead atoms. The Kier molecular flexibility index (Phi) is 15.7. The number of nitrogens with one attached hydrogen (secondary N) is 4. The Morgan fingerprint density at radius 1 is 0.746 bits per heavy atom. The zero-order chi connectivity index (χ0) is 44.2. The summed E-state index contributed by atoms with van der Waals surface area (Å²) in [6.07, 6.45) is 12.7.